The van der Waals surface area contributed by atoms with Gasteiger partial charge in [0.05, 0.1) is 5.52 Å². The topological polar surface area (TPSA) is 52.7 Å². The third kappa shape index (κ3) is 2.96. The van der Waals surface area contributed by atoms with E-state index in [1.165, 1.54) is 28.5 Å². The second kappa shape index (κ2) is 6.56. The van der Waals surface area contributed by atoms with Crippen LogP contribution in [0.1, 0.15) is 30.2 Å². The fourth-order valence-electron chi connectivity index (χ4n) is 3.44. The average molecular weight is 320 g/mol. The molecule has 0 fully saturated rings. The maximum Gasteiger partial charge on any atom is 0.129 e. The van der Waals surface area contributed by atoms with Gasteiger partial charge in [0.1, 0.15) is 11.6 Å². The maximum atomic E-state index is 4.75. The minimum Gasteiger partial charge on any atom is -0.371 e. The smallest absolute Gasteiger partial charge is 0.129 e. The van der Waals surface area contributed by atoms with Gasteiger partial charge in [-0.05, 0) is 42.5 Å². The summed E-state index contributed by atoms with van der Waals surface area (Å²) in [6.07, 6.45) is 4.31. The zero-order chi connectivity index (χ0) is 16.4. The van der Waals surface area contributed by atoms with Crippen molar-refractivity contribution in [3.63, 3.8) is 0 Å². The van der Waals surface area contributed by atoms with Crippen LogP contribution in [0.15, 0.2) is 36.4 Å². The Bertz CT molecular complexity index is 850. The van der Waals surface area contributed by atoms with E-state index in [1.54, 1.807) is 0 Å². The van der Waals surface area contributed by atoms with Gasteiger partial charge in [-0.1, -0.05) is 31.2 Å². The molecule has 3 N–H and O–H groups in total. The van der Waals surface area contributed by atoms with E-state index in [4.69, 9.17) is 4.98 Å². The number of aryl methyl sites for hydroxylation is 2. The SMILES string of the molecule is CCc1cccc2cc(NCCc3ccc4c(n3)NCCC4)[nH]c12. The van der Waals surface area contributed by atoms with Gasteiger partial charge >= 0.3 is 0 Å². The molecule has 0 unspecified atom stereocenters. The summed E-state index contributed by atoms with van der Waals surface area (Å²) >= 11 is 0. The van der Waals surface area contributed by atoms with E-state index in [0.717, 1.165) is 49.7 Å². The zero-order valence-electron chi connectivity index (χ0n) is 14.2. The van der Waals surface area contributed by atoms with Crippen LogP contribution in [-0.4, -0.2) is 23.1 Å². The molecule has 1 aromatic carbocycles. The number of aromatic nitrogens is 2. The Morgan fingerprint density at radius 2 is 2.17 bits per heavy atom. The van der Waals surface area contributed by atoms with E-state index in [2.05, 4.69) is 58.9 Å². The molecule has 4 rings (SSSR count). The van der Waals surface area contributed by atoms with Crippen LogP contribution in [-0.2, 0) is 19.3 Å². The molecule has 24 heavy (non-hydrogen) atoms. The van der Waals surface area contributed by atoms with Crippen LogP contribution >= 0.6 is 0 Å². The van der Waals surface area contributed by atoms with Crippen molar-refractivity contribution in [2.75, 3.05) is 23.7 Å². The molecule has 2 aromatic heterocycles. The van der Waals surface area contributed by atoms with Gasteiger partial charge in [-0.25, -0.2) is 4.98 Å². The van der Waals surface area contributed by atoms with E-state index in [-0.39, 0.29) is 0 Å². The monoisotopic (exact) mass is 320 g/mol. The quantitative estimate of drug-likeness (QED) is 0.662. The summed E-state index contributed by atoms with van der Waals surface area (Å²) in [6, 6.07) is 13.0. The van der Waals surface area contributed by atoms with Crippen molar-refractivity contribution in [1.29, 1.82) is 0 Å². The number of rotatable bonds is 5. The molecule has 4 nitrogen and oxygen atoms in total. The first-order chi connectivity index (χ1) is 11.8. The van der Waals surface area contributed by atoms with E-state index >= 15 is 0 Å². The standard InChI is InChI=1S/C20H24N4/c1-2-14-5-3-6-16-13-18(24-19(14)16)21-12-10-17-9-8-15-7-4-11-22-20(15)23-17/h3,5-6,8-9,13,21,24H,2,4,7,10-12H2,1H3,(H,22,23). The number of hydrogen-bond acceptors (Lipinski definition) is 3. The van der Waals surface area contributed by atoms with Crippen molar-refractivity contribution in [1.82, 2.24) is 9.97 Å². The molecule has 0 aliphatic carbocycles. The Hall–Kier alpha value is -2.49. The van der Waals surface area contributed by atoms with E-state index in [0.29, 0.717) is 0 Å². The van der Waals surface area contributed by atoms with Gasteiger partial charge in [0.2, 0.25) is 0 Å². The maximum absolute atomic E-state index is 4.75. The van der Waals surface area contributed by atoms with Crippen molar-refractivity contribution < 1.29 is 0 Å². The second-order valence-electron chi connectivity index (χ2n) is 6.44. The molecule has 0 spiro atoms. The van der Waals surface area contributed by atoms with E-state index in [1.807, 2.05) is 0 Å². The number of para-hydroxylation sites is 1. The fourth-order valence-corrected chi connectivity index (χ4v) is 3.44. The lowest BCUT2D eigenvalue weighted by Gasteiger charge is -2.17. The van der Waals surface area contributed by atoms with Gasteiger partial charge in [-0.2, -0.15) is 0 Å². The van der Waals surface area contributed by atoms with Crippen molar-refractivity contribution in [3.05, 3.63) is 53.2 Å². The molecule has 0 bridgehead atoms. The molecule has 1 aliphatic heterocycles. The van der Waals surface area contributed by atoms with Crippen LogP contribution in [0.3, 0.4) is 0 Å². The number of nitrogens with one attached hydrogen (secondary N) is 3. The number of H-pyrrole nitrogens is 1. The first-order valence-electron chi connectivity index (χ1n) is 8.90. The van der Waals surface area contributed by atoms with Crippen molar-refractivity contribution in [2.45, 2.75) is 32.6 Å². The van der Waals surface area contributed by atoms with Gasteiger partial charge in [0, 0.05) is 30.6 Å². The highest BCUT2D eigenvalue weighted by Crippen LogP contribution is 2.23. The lowest BCUT2D eigenvalue weighted by atomic mass is 10.1. The van der Waals surface area contributed by atoms with E-state index in [9.17, 15) is 0 Å². The lowest BCUT2D eigenvalue weighted by molar-refractivity contribution is 0.809. The third-order valence-corrected chi connectivity index (χ3v) is 4.77. The number of pyridine rings is 1. The van der Waals surface area contributed by atoms with Crippen LogP contribution in [0.5, 0.6) is 0 Å². The van der Waals surface area contributed by atoms with Crippen molar-refractivity contribution >= 4 is 22.5 Å². The summed E-state index contributed by atoms with van der Waals surface area (Å²) in [5.74, 6) is 2.17. The van der Waals surface area contributed by atoms with Crippen LogP contribution < -0.4 is 10.6 Å². The first-order valence-corrected chi connectivity index (χ1v) is 8.90. The van der Waals surface area contributed by atoms with E-state index < -0.39 is 0 Å². The summed E-state index contributed by atoms with van der Waals surface area (Å²) in [7, 11) is 0. The molecule has 0 radical (unpaired) electrons. The minimum absolute atomic E-state index is 0.875. The summed E-state index contributed by atoms with van der Waals surface area (Å²) < 4.78 is 0. The normalized spacial score (nSPS) is 13.5. The summed E-state index contributed by atoms with van der Waals surface area (Å²) in [5.41, 5.74) is 5.10. The highest BCUT2D eigenvalue weighted by molar-refractivity contribution is 5.86. The Morgan fingerprint density at radius 1 is 1.21 bits per heavy atom. The van der Waals surface area contributed by atoms with Crippen LogP contribution in [0.2, 0.25) is 0 Å². The number of nitrogens with zero attached hydrogens (tertiary/aromatic N) is 1. The number of hydrogen-bond donors (Lipinski definition) is 3. The zero-order valence-corrected chi connectivity index (χ0v) is 14.2. The number of fused-ring (bicyclic) bond motifs is 2. The van der Waals surface area contributed by atoms with Gasteiger partial charge < -0.3 is 15.6 Å². The predicted molar refractivity (Wildman–Crippen MR) is 101 cm³/mol. The Balaban J connectivity index is 1.42. The molecule has 0 saturated carbocycles. The molecular formula is C20H24N4. The molecule has 3 heterocycles. The van der Waals surface area contributed by atoms with Gasteiger partial charge in [0.25, 0.3) is 0 Å². The number of benzene rings is 1. The fraction of sp³-hybridized carbons (Fsp3) is 0.350. The molecule has 0 atom stereocenters. The van der Waals surface area contributed by atoms with Crippen LogP contribution in [0, 0.1) is 0 Å². The molecule has 124 valence electrons. The van der Waals surface area contributed by atoms with Crippen molar-refractivity contribution in [3.8, 4) is 0 Å². The summed E-state index contributed by atoms with van der Waals surface area (Å²) in [4.78, 5) is 8.26. The highest BCUT2D eigenvalue weighted by Gasteiger charge is 2.10. The van der Waals surface area contributed by atoms with Gasteiger partial charge in [-0.3, -0.25) is 0 Å². The third-order valence-electron chi connectivity index (χ3n) is 4.77. The summed E-state index contributed by atoms with van der Waals surface area (Å²) in [6.45, 7) is 4.11. The Labute approximate surface area is 142 Å². The van der Waals surface area contributed by atoms with Crippen molar-refractivity contribution in [2.24, 2.45) is 0 Å². The molecule has 0 amide bonds. The first kappa shape index (κ1) is 15.1. The second-order valence-corrected chi connectivity index (χ2v) is 6.44. The number of aromatic amines is 1. The Kier molecular flexibility index (Phi) is 4.11. The molecule has 1 aliphatic rings. The van der Waals surface area contributed by atoms with Gasteiger partial charge in [0.15, 0.2) is 0 Å². The minimum atomic E-state index is 0.875. The summed E-state index contributed by atoms with van der Waals surface area (Å²) in [5, 5.41) is 8.17. The van der Waals surface area contributed by atoms with Crippen LogP contribution in [0.25, 0.3) is 10.9 Å². The molecule has 0 saturated heterocycles. The van der Waals surface area contributed by atoms with Crippen LogP contribution in [0.4, 0.5) is 11.6 Å². The molecule has 4 heteroatoms. The molecule has 3 aromatic rings. The van der Waals surface area contributed by atoms with Gasteiger partial charge in [-0.15, -0.1) is 0 Å². The lowest BCUT2D eigenvalue weighted by Crippen LogP contribution is -2.15. The highest BCUT2D eigenvalue weighted by atomic mass is 15.0. The molecular weight excluding hydrogens is 296 g/mol. The largest absolute Gasteiger partial charge is 0.371 e. The predicted octanol–water partition coefficient (Wildman–Crippen LogP) is 4.14. The number of anilines is 2. The Morgan fingerprint density at radius 3 is 3.08 bits per heavy atom. The average Bonchev–Trinajstić information content (AvgIpc) is 3.04.